The van der Waals surface area contributed by atoms with Gasteiger partial charge in [0, 0.05) is 27.3 Å². The number of methoxy groups -OCH3 is 2. The summed E-state index contributed by atoms with van der Waals surface area (Å²) in [6.45, 7) is 0.604. The molecule has 1 atom stereocenters. The van der Waals surface area contributed by atoms with Crippen LogP contribution in [0.3, 0.4) is 0 Å². The molecule has 13 heteroatoms. The smallest absolute Gasteiger partial charge is 0.383 e. The van der Waals surface area contributed by atoms with E-state index in [-0.39, 0.29) is 41.9 Å². The molecule has 166 valence electrons. The summed E-state index contributed by atoms with van der Waals surface area (Å²) in [5, 5.41) is 10.9. The molecule has 0 aliphatic heterocycles. The fourth-order valence-electron chi connectivity index (χ4n) is 2.02. The molecule has 0 aliphatic rings. The van der Waals surface area contributed by atoms with E-state index in [9.17, 15) is 31.5 Å². The van der Waals surface area contributed by atoms with Gasteiger partial charge in [-0.3, -0.25) is 4.79 Å². The van der Waals surface area contributed by atoms with Crippen molar-refractivity contribution in [3.63, 3.8) is 0 Å². The van der Waals surface area contributed by atoms with E-state index in [0.29, 0.717) is 6.92 Å². The molecule has 1 aromatic carbocycles. The van der Waals surface area contributed by atoms with Crippen LogP contribution in [0.25, 0.3) is 0 Å². The van der Waals surface area contributed by atoms with Gasteiger partial charge >= 0.3 is 6.18 Å². The predicted molar refractivity (Wildman–Crippen MR) is 99.3 cm³/mol. The molecule has 0 aliphatic carbocycles. The standard InChI is InChI=1S/C16H22ClF3N2O6S/c1-15(24,16(18,19)20)14(23)21-13-5-4-11(10-12(13)17)29(25,26)22(6-8-27-2)7-9-28-3/h4-5,10,24H,6-9H2,1-3H3,(H,21,23). The summed E-state index contributed by atoms with van der Waals surface area (Å²) in [5.41, 5.74) is -3.95. The lowest BCUT2D eigenvalue weighted by Gasteiger charge is -2.25. The van der Waals surface area contributed by atoms with E-state index in [2.05, 4.69) is 0 Å². The Kier molecular flexibility index (Phi) is 8.87. The second-order valence-corrected chi connectivity index (χ2v) is 8.40. The normalized spacial score (nSPS) is 14.7. The first-order valence-corrected chi connectivity index (χ1v) is 9.99. The lowest BCUT2D eigenvalue weighted by atomic mass is 10.1. The third-order valence-corrected chi connectivity index (χ3v) is 6.12. The van der Waals surface area contributed by atoms with E-state index in [4.69, 9.17) is 21.1 Å². The van der Waals surface area contributed by atoms with E-state index >= 15 is 0 Å². The van der Waals surface area contributed by atoms with Crippen molar-refractivity contribution >= 4 is 33.2 Å². The lowest BCUT2D eigenvalue weighted by molar-refractivity contribution is -0.242. The van der Waals surface area contributed by atoms with Crippen molar-refractivity contribution in [2.24, 2.45) is 0 Å². The Bertz CT molecular complexity index is 809. The Morgan fingerprint density at radius 1 is 1.21 bits per heavy atom. The van der Waals surface area contributed by atoms with Crippen LogP contribution >= 0.6 is 11.6 Å². The molecule has 0 spiro atoms. The Morgan fingerprint density at radius 3 is 2.14 bits per heavy atom. The third kappa shape index (κ3) is 6.27. The fraction of sp³-hybridized carbons (Fsp3) is 0.562. The van der Waals surface area contributed by atoms with Crippen molar-refractivity contribution in [2.75, 3.05) is 45.8 Å². The van der Waals surface area contributed by atoms with Gasteiger partial charge in [0.25, 0.3) is 5.91 Å². The van der Waals surface area contributed by atoms with Crippen LogP contribution in [0.2, 0.25) is 5.02 Å². The van der Waals surface area contributed by atoms with Gasteiger partial charge in [-0.1, -0.05) is 11.6 Å². The monoisotopic (exact) mass is 462 g/mol. The molecular formula is C16H22ClF3N2O6S. The molecule has 0 heterocycles. The van der Waals surface area contributed by atoms with E-state index < -0.39 is 27.7 Å². The summed E-state index contributed by atoms with van der Waals surface area (Å²) in [4.78, 5) is 11.5. The van der Waals surface area contributed by atoms with Gasteiger partial charge in [0.05, 0.1) is 28.8 Å². The molecule has 0 bridgehead atoms. The SMILES string of the molecule is COCCN(CCOC)S(=O)(=O)c1ccc(NC(=O)C(C)(O)C(F)(F)F)c(Cl)c1. The molecule has 0 saturated heterocycles. The number of sulfonamides is 1. The number of rotatable bonds is 10. The first-order valence-electron chi connectivity index (χ1n) is 8.17. The van der Waals surface area contributed by atoms with Crippen molar-refractivity contribution in [3.8, 4) is 0 Å². The molecule has 1 amide bonds. The summed E-state index contributed by atoms with van der Waals surface area (Å²) < 4.78 is 74.7. The Balaban J connectivity index is 3.13. The van der Waals surface area contributed by atoms with Gasteiger partial charge < -0.3 is 19.9 Å². The molecule has 1 rings (SSSR count). The third-order valence-electron chi connectivity index (χ3n) is 3.91. The Morgan fingerprint density at radius 2 is 1.72 bits per heavy atom. The van der Waals surface area contributed by atoms with Gasteiger partial charge in [0.1, 0.15) is 0 Å². The fourth-order valence-corrected chi connectivity index (χ4v) is 3.75. The number of ether oxygens (including phenoxy) is 2. The molecule has 0 aromatic heterocycles. The number of aliphatic hydroxyl groups is 1. The molecule has 8 nitrogen and oxygen atoms in total. The van der Waals surface area contributed by atoms with Crippen LogP contribution in [0.5, 0.6) is 0 Å². The Hall–Kier alpha value is -1.44. The predicted octanol–water partition coefficient (Wildman–Crippen LogP) is 1.88. The Labute approximate surface area is 171 Å². The van der Waals surface area contributed by atoms with Gasteiger partial charge in [0.2, 0.25) is 15.6 Å². The number of alkyl halides is 3. The van der Waals surface area contributed by atoms with Crippen LogP contribution in [0.4, 0.5) is 18.9 Å². The largest absolute Gasteiger partial charge is 0.426 e. The number of nitrogens with one attached hydrogen (secondary N) is 1. The molecular weight excluding hydrogens is 441 g/mol. The number of halogens is 4. The van der Waals surface area contributed by atoms with Gasteiger partial charge in [-0.05, 0) is 25.1 Å². The number of benzene rings is 1. The minimum atomic E-state index is -5.21. The van der Waals surface area contributed by atoms with Crippen molar-refractivity contribution < 1.29 is 41.0 Å². The highest BCUT2D eigenvalue weighted by molar-refractivity contribution is 7.89. The minimum absolute atomic E-state index is 0.0345. The summed E-state index contributed by atoms with van der Waals surface area (Å²) in [6, 6.07) is 3.09. The summed E-state index contributed by atoms with van der Waals surface area (Å²) in [7, 11) is -1.20. The average Bonchev–Trinajstić information content (AvgIpc) is 2.62. The number of carbonyl (C=O) groups excluding carboxylic acids is 1. The molecule has 1 unspecified atom stereocenters. The first-order chi connectivity index (χ1) is 13.3. The minimum Gasteiger partial charge on any atom is -0.383 e. The van der Waals surface area contributed by atoms with Crippen LogP contribution < -0.4 is 5.32 Å². The topological polar surface area (TPSA) is 105 Å². The van der Waals surface area contributed by atoms with E-state index in [1.807, 2.05) is 5.32 Å². The van der Waals surface area contributed by atoms with Crippen molar-refractivity contribution in [3.05, 3.63) is 23.2 Å². The number of amides is 1. The van der Waals surface area contributed by atoms with Gasteiger partial charge in [-0.25, -0.2) is 8.42 Å². The second-order valence-electron chi connectivity index (χ2n) is 6.06. The highest BCUT2D eigenvalue weighted by Crippen LogP contribution is 2.33. The molecule has 0 saturated carbocycles. The highest BCUT2D eigenvalue weighted by atomic mass is 35.5. The maximum atomic E-state index is 12.8. The van der Waals surface area contributed by atoms with E-state index in [1.165, 1.54) is 14.2 Å². The summed E-state index contributed by atoms with van der Waals surface area (Å²) in [6.07, 6.45) is -5.21. The number of nitrogens with zero attached hydrogens (tertiary/aromatic N) is 1. The molecule has 0 fully saturated rings. The second kappa shape index (κ2) is 10.0. The summed E-state index contributed by atoms with van der Waals surface area (Å²) in [5.74, 6) is -1.76. The van der Waals surface area contributed by atoms with Gasteiger partial charge in [-0.15, -0.1) is 0 Å². The first kappa shape index (κ1) is 25.6. The number of hydrogen-bond acceptors (Lipinski definition) is 6. The van der Waals surface area contributed by atoms with Crippen LogP contribution in [0.1, 0.15) is 6.92 Å². The number of carbonyl (C=O) groups is 1. The number of anilines is 1. The zero-order valence-corrected chi connectivity index (χ0v) is 17.5. The van der Waals surface area contributed by atoms with Gasteiger partial charge in [-0.2, -0.15) is 17.5 Å². The van der Waals surface area contributed by atoms with Gasteiger partial charge in [0.15, 0.2) is 0 Å². The molecule has 0 radical (unpaired) electrons. The van der Waals surface area contributed by atoms with Crippen LogP contribution in [0.15, 0.2) is 23.1 Å². The van der Waals surface area contributed by atoms with Crippen LogP contribution in [0, 0.1) is 0 Å². The zero-order valence-electron chi connectivity index (χ0n) is 15.9. The molecule has 2 N–H and O–H groups in total. The zero-order chi connectivity index (χ0) is 22.5. The highest BCUT2D eigenvalue weighted by Gasteiger charge is 2.55. The maximum absolute atomic E-state index is 12.8. The summed E-state index contributed by atoms with van der Waals surface area (Å²) >= 11 is 5.95. The van der Waals surface area contributed by atoms with Crippen LogP contribution in [-0.4, -0.2) is 76.0 Å². The van der Waals surface area contributed by atoms with Crippen LogP contribution in [-0.2, 0) is 24.3 Å². The van der Waals surface area contributed by atoms with E-state index in [1.54, 1.807) is 0 Å². The lowest BCUT2D eigenvalue weighted by Crippen LogP contribution is -2.52. The number of hydrogen-bond donors (Lipinski definition) is 2. The quantitative estimate of drug-likeness (QED) is 0.550. The van der Waals surface area contributed by atoms with E-state index in [0.717, 1.165) is 22.5 Å². The van der Waals surface area contributed by atoms with Crippen molar-refractivity contribution in [1.82, 2.24) is 4.31 Å². The molecule has 1 aromatic rings. The maximum Gasteiger partial charge on any atom is 0.426 e. The van der Waals surface area contributed by atoms with Crippen molar-refractivity contribution in [1.29, 1.82) is 0 Å². The van der Waals surface area contributed by atoms with Crippen molar-refractivity contribution in [2.45, 2.75) is 23.6 Å². The average molecular weight is 463 g/mol. The molecule has 29 heavy (non-hydrogen) atoms.